The summed E-state index contributed by atoms with van der Waals surface area (Å²) in [6, 6.07) is 18.9. The number of hydrogen-bond acceptors (Lipinski definition) is 4. The number of rotatable bonds is 5. The van der Waals surface area contributed by atoms with Crippen LogP contribution in [-0.4, -0.2) is 15.5 Å². The molecule has 4 aromatic rings. The normalized spacial score (nSPS) is 10.8. The highest BCUT2D eigenvalue weighted by Crippen LogP contribution is 2.26. The summed E-state index contributed by atoms with van der Waals surface area (Å²) >= 11 is 0. The fraction of sp³-hybridized carbons (Fsp3) is 0.0417. The third-order valence-electron chi connectivity index (χ3n) is 4.52. The lowest BCUT2D eigenvalue weighted by molar-refractivity contribution is 0.102. The van der Waals surface area contributed by atoms with E-state index in [1.54, 1.807) is 36.1 Å². The van der Waals surface area contributed by atoms with E-state index in [-0.39, 0.29) is 11.1 Å². The van der Waals surface area contributed by atoms with Gasteiger partial charge in [-0.25, -0.2) is 0 Å². The quantitative estimate of drug-likeness (QED) is 0.512. The maximum atomic E-state index is 12.9. The predicted octanol–water partition coefficient (Wildman–Crippen LogP) is 5.07. The highest BCUT2D eigenvalue weighted by atomic mass is 16.4. The van der Waals surface area contributed by atoms with Crippen LogP contribution in [0.5, 0.6) is 0 Å². The van der Waals surface area contributed by atoms with Gasteiger partial charge in [0.2, 0.25) is 5.88 Å². The van der Waals surface area contributed by atoms with Gasteiger partial charge in [0.1, 0.15) is 23.0 Å². The van der Waals surface area contributed by atoms with Crippen molar-refractivity contribution in [2.24, 2.45) is 0 Å². The van der Waals surface area contributed by atoms with Crippen molar-refractivity contribution in [3.63, 3.8) is 0 Å². The van der Waals surface area contributed by atoms with E-state index in [2.05, 4.69) is 16.4 Å². The van der Waals surface area contributed by atoms with E-state index in [0.717, 1.165) is 11.3 Å². The summed E-state index contributed by atoms with van der Waals surface area (Å²) in [6.07, 6.45) is 9.08. The number of benzene rings is 1. The van der Waals surface area contributed by atoms with Gasteiger partial charge in [-0.2, -0.15) is 5.26 Å². The van der Waals surface area contributed by atoms with Crippen molar-refractivity contribution in [2.45, 2.75) is 6.92 Å². The number of carbonyl (C=O) groups is 1. The van der Waals surface area contributed by atoms with Gasteiger partial charge in [-0.05, 0) is 55.0 Å². The molecular weight excluding hydrogens is 376 g/mol. The van der Waals surface area contributed by atoms with Crippen LogP contribution in [0, 0.1) is 18.3 Å². The van der Waals surface area contributed by atoms with Gasteiger partial charge < -0.3 is 9.73 Å². The SMILES string of the molecule is Cc1oc(-n2cccc2)c(C#N)c1C(=O)Nc1cccc(C=Cc2ccccn2)c1. The fourth-order valence-electron chi connectivity index (χ4n) is 3.13. The number of hydrogen-bond donors (Lipinski definition) is 1. The number of nitrogens with zero attached hydrogens (tertiary/aromatic N) is 3. The Hall–Kier alpha value is -4.37. The summed E-state index contributed by atoms with van der Waals surface area (Å²) in [5, 5.41) is 12.5. The maximum Gasteiger partial charge on any atom is 0.260 e. The molecule has 6 heteroatoms. The van der Waals surface area contributed by atoms with Gasteiger partial charge in [0.05, 0.1) is 5.69 Å². The Morgan fingerprint density at radius 3 is 2.70 bits per heavy atom. The number of aryl methyl sites for hydroxylation is 1. The summed E-state index contributed by atoms with van der Waals surface area (Å²) in [5.41, 5.74) is 2.81. The van der Waals surface area contributed by atoms with Crippen LogP contribution in [-0.2, 0) is 0 Å². The minimum absolute atomic E-state index is 0.201. The van der Waals surface area contributed by atoms with Crippen LogP contribution in [0.25, 0.3) is 18.0 Å². The molecule has 146 valence electrons. The Labute approximate surface area is 173 Å². The van der Waals surface area contributed by atoms with Crippen LogP contribution in [0.15, 0.2) is 77.6 Å². The lowest BCUT2D eigenvalue weighted by atomic mass is 10.1. The molecule has 3 aromatic heterocycles. The van der Waals surface area contributed by atoms with E-state index < -0.39 is 5.91 Å². The largest absolute Gasteiger partial charge is 0.443 e. The number of amides is 1. The van der Waals surface area contributed by atoms with Crippen molar-refractivity contribution in [3.8, 4) is 12.0 Å². The van der Waals surface area contributed by atoms with Crippen molar-refractivity contribution in [2.75, 3.05) is 5.32 Å². The molecule has 0 fully saturated rings. The summed E-state index contributed by atoms with van der Waals surface area (Å²) < 4.78 is 7.38. The lowest BCUT2D eigenvalue weighted by Gasteiger charge is -2.06. The van der Waals surface area contributed by atoms with E-state index in [4.69, 9.17) is 4.42 Å². The molecule has 1 N–H and O–H groups in total. The third kappa shape index (κ3) is 3.91. The van der Waals surface area contributed by atoms with Gasteiger partial charge in [0.25, 0.3) is 5.91 Å². The average molecular weight is 394 g/mol. The summed E-state index contributed by atoms with van der Waals surface area (Å²) in [7, 11) is 0. The molecule has 0 aliphatic heterocycles. The van der Waals surface area contributed by atoms with Crippen LogP contribution in [0.3, 0.4) is 0 Å². The average Bonchev–Trinajstić information content (AvgIpc) is 3.40. The van der Waals surface area contributed by atoms with Gasteiger partial charge >= 0.3 is 0 Å². The zero-order valence-corrected chi connectivity index (χ0v) is 16.2. The number of aromatic nitrogens is 2. The second-order valence-electron chi connectivity index (χ2n) is 6.58. The first kappa shape index (κ1) is 19.0. The molecule has 0 unspecified atom stereocenters. The zero-order valence-electron chi connectivity index (χ0n) is 16.2. The molecule has 3 heterocycles. The molecule has 0 radical (unpaired) electrons. The van der Waals surface area contributed by atoms with Crippen LogP contribution in [0.1, 0.15) is 32.9 Å². The molecule has 0 spiro atoms. The van der Waals surface area contributed by atoms with Gasteiger partial charge in [-0.15, -0.1) is 0 Å². The number of carbonyl (C=O) groups excluding carboxylic acids is 1. The maximum absolute atomic E-state index is 12.9. The molecule has 0 bridgehead atoms. The minimum atomic E-state index is -0.392. The van der Waals surface area contributed by atoms with E-state index >= 15 is 0 Å². The Morgan fingerprint density at radius 2 is 1.97 bits per heavy atom. The second-order valence-corrected chi connectivity index (χ2v) is 6.58. The first-order chi connectivity index (χ1) is 14.7. The number of nitrogens with one attached hydrogen (secondary N) is 1. The lowest BCUT2D eigenvalue weighted by Crippen LogP contribution is -2.14. The highest BCUT2D eigenvalue weighted by Gasteiger charge is 2.24. The van der Waals surface area contributed by atoms with Gasteiger partial charge in [-0.3, -0.25) is 14.3 Å². The van der Waals surface area contributed by atoms with Crippen molar-refractivity contribution in [3.05, 3.63) is 101 Å². The third-order valence-corrected chi connectivity index (χ3v) is 4.52. The van der Waals surface area contributed by atoms with E-state index in [1.165, 1.54) is 0 Å². The van der Waals surface area contributed by atoms with Crippen molar-refractivity contribution >= 4 is 23.7 Å². The molecule has 6 nitrogen and oxygen atoms in total. The summed E-state index contributed by atoms with van der Waals surface area (Å²) in [4.78, 5) is 17.2. The Morgan fingerprint density at radius 1 is 1.13 bits per heavy atom. The zero-order chi connectivity index (χ0) is 20.9. The highest BCUT2D eigenvalue weighted by molar-refractivity contribution is 6.07. The Bertz CT molecular complexity index is 1250. The van der Waals surface area contributed by atoms with Gasteiger partial charge in [-0.1, -0.05) is 24.3 Å². The fourth-order valence-corrected chi connectivity index (χ4v) is 3.13. The van der Waals surface area contributed by atoms with Gasteiger partial charge in [0, 0.05) is 24.3 Å². The number of nitriles is 1. The van der Waals surface area contributed by atoms with E-state index in [0.29, 0.717) is 17.3 Å². The van der Waals surface area contributed by atoms with Gasteiger partial charge in [0.15, 0.2) is 0 Å². The number of anilines is 1. The molecule has 1 aromatic carbocycles. The molecule has 30 heavy (non-hydrogen) atoms. The standard InChI is InChI=1S/C24H18N4O2/c1-17-22(21(16-25)24(30-17)28-13-4-5-14-28)23(29)27-20-9-6-7-18(15-20)10-11-19-8-2-3-12-26-19/h2-15H,1H3,(H,27,29). The van der Waals surface area contributed by atoms with Crippen LogP contribution < -0.4 is 5.32 Å². The molecule has 0 aliphatic rings. The first-order valence-corrected chi connectivity index (χ1v) is 9.33. The molecule has 4 rings (SSSR count). The van der Waals surface area contributed by atoms with E-state index in [9.17, 15) is 10.1 Å². The summed E-state index contributed by atoms with van der Waals surface area (Å²) in [6.45, 7) is 1.68. The van der Waals surface area contributed by atoms with Crippen molar-refractivity contribution in [1.82, 2.24) is 9.55 Å². The van der Waals surface area contributed by atoms with Crippen LogP contribution in [0.2, 0.25) is 0 Å². The topological polar surface area (TPSA) is 83.8 Å². The molecule has 1 amide bonds. The van der Waals surface area contributed by atoms with E-state index in [1.807, 2.05) is 60.7 Å². The summed E-state index contributed by atoms with van der Waals surface area (Å²) in [5.74, 6) is 0.327. The molecule has 0 atom stereocenters. The first-order valence-electron chi connectivity index (χ1n) is 9.33. The Kier molecular flexibility index (Phi) is 5.27. The smallest absolute Gasteiger partial charge is 0.260 e. The van der Waals surface area contributed by atoms with Crippen LogP contribution in [0.4, 0.5) is 5.69 Å². The minimum Gasteiger partial charge on any atom is -0.443 e. The molecule has 0 aliphatic carbocycles. The number of pyridine rings is 1. The molecular formula is C24H18N4O2. The van der Waals surface area contributed by atoms with Crippen molar-refractivity contribution < 1.29 is 9.21 Å². The second kappa shape index (κ2) is 8.33. The van der Waals surface area contributed by atoms with Crippen molar-refractivity contribution in [1.29, 1.82) is 5.26 Å². The molecule has 0 saturated carbocycles. The predicted molar refractivity (Wildman–Crippen MR) is 115 cm³/mol. The number of furan rings is 1. The molecule has 0 saturated heterocycles. The Balaban J connectivity index is 1.58. The monoisotopic (exact) mass is 394 g/mol. The van der Waals surface area contributed by atoms with Crippen LogP contribution >= 0.6 is 0 Å².